The number of ether oxygens (including phenoxy) is 2. The summed E-state index contributed by atoms with van der Waals surface area (Å²) in [5.74, 6) is -0.433. The van der Waals surface area contributed by atoms with Gasteiger partial charge in [-0.05, 0) is 43.2 Å². The number of hydrogen-bond acceptors (Lipinski definition) is 6. The van der Waals surface area contributed by atoms with Gasteiger partial charge in [-0.3, -0.25) is 14.9 Å². The summed E-state index contributed by atoms with van der Waals surface area (Å²) in [7, 11) is 0. The van der Waals surface area contributed by atoms with Gasteiger partial charge in [0.05, 0.1) is 23.7 Å². The van der Waals surface area contributed by atoms with Crippen molar-refractivity contribution in [1.29, 1.82) is 0 Å². The summed E-state index contributed by atoms with van der Waals surface area (Å²) in [4.78, 5) is 34.1. The first-order valence-electron chi connectivity index (χ1n) is 8.94. The van der Waals surface area contributed by atoms with Crippen LogP contribution in [0.5, 0.6) is 5.75 Å². The Bertz CT molecular complexity index is 820. The molecule has 0 aliphatic rings. The molecule has 0 spiro atoms. The predicted octanol–water partition coefficient (Wildman–Crippen LogP) is 3.96. The van der Waals surface area contributed by atoms with Gasteiger partial charge >= 0.3 is 11.7 Å². The van der Waals surface area contributed by atoms with E-state index >= 15 is 0 Å². The van der Waals surface area contributed by atoms with E-state index in [-0.39, 0.29) is 30.4 Å². The minimum atomic E-state index is -0.510. The van der Waals surface area contributed by atoms with Crippen molar-refractivity contribution in [2.45, 2.75) is 26.2 Å². The molecule has 0 saturated heterocycles. The van der Waals surface area contributed by atoms with Gasteiger partial charge in [-0.25, -0.2) is 4.79 Å². The van der Waals surface area contributed by atoms with Crippen LogP contribution >= 0.6 is 0 Å². The third-order valence-electron chi connectivity index (χ3n) is 3.71. The molecule has 8 nitrogen and oxygen atoms in total. The van der Waals surface area contributed by atoms with Crippen LogP contribution in [-0.2, 0) is 9.53 Å². The second kappa shape index (κ2) is 10.7. The molecule has 0 fully saturated rings. The zero-order chi connectivity index (χ0) is 20.4. The first-order valence-corrected chi connectivity index (χ1v) is 8.94. The smallest absolute Gasteiger partial charge is 0.338 e. The monoisotopic (exact) mass is 386 g/mol. The highest BCUT2D eigenvalue weighted by molar-refractivity contribution is 5.93. The minimum absolute atomic E-state index is 0.107. The van der Waals surface area contributed by atoms with Crippen molar-refractivity contribution in [2.24, 2.45) is 0 Å². The number of hydrogen-bond donors (Lipinski definition) is 1. The normalized spacial score (nSPS) is 10.2. The lowest BCUT2D eigenvalue weighted by atomic mass is 10.2. The van der Waals surface area contributed by atoms with Crippen molar-refractivity contribution in [3.05, 3.63) is 64.2 Å². The first kappa shape index (κ1) is 20.9. The number of rotatable bonds is 10. The number of benzene rings is 2. The Labute approximate surface area is 162 Å². The van der Waals surface area contributed by atoms with Crippen LogP contribution < -0.4 is 10.1 Å². The van der Waals surface area contributed by atoms with Gasteiger partial charge in [-0.2, -0.15) is 0 Å². The number of nitrogens with zero attached hydrogens (tertiary/aromatic N) is 1. The molecule has 0 bridgehead atoms. The Morgan fingerprint density at radius 3 is 2.46 bits per heavy atom. The third-order valence-corrected chi connectivity index (χ3v) is 3.71. The van der Waals surface area contributed by atoms with E-state index in [0.717, 1.165) is 6.42 Å². The predicted molar refractivity (Wildman–Crippen MR) is 103 cm³/mol. The van der Waals surface area contributed by atoms with Crippen molar-refractivity contribution in [2.75, 3.05) is 18.5 Å². The van der Waals surface area contributed by atoms with Crippen LogP contribution in [0.25, 0.3) is 0 Å². The Balaban J connectivity index is 1.75. The molecule has 2 rings (SSSR count). The molecule has 0 aliphatic carbocycles. The number of anilines is 1. The SMILES string of the molecule is CCCOC(=O)c1ccc(NC(=O)CCCOc2ccccc2[N+](=O)[O-])cc1. The Morgan fingerprint density at radius 1 is 1.07 bits per heavy atom. The average molecular weight is 386 g/mol. The molecule has 2 aromatic carbocycles. The highest BCUT2D eigenvalue weighted by atomic mass is 16.6. The van der Waals surface area contributed by atoms with Gasteiger partial charge in [0.15, 0.2) is 5.75 Å². The molecule has 1 amide bonds. The number of para-hydroxylation sites is 2. The lowest BCUT2D eigenvalue weighted by Gasteiger charge is -2.08. The summed E-state index contributed by atoms with van der Waals surface area (Å²) in [6.45, 7) is 2.46. The number of nitro benzene ring substituents is 1. The zero-order valence-corrected chi connectivity index (χ0v) is 15.6. The molecule has 0 saturated carbocycles. The highest BCUT2D eigenvalue weighted by Gasteiger charge is 2.13. The number of carbonyl (C=O) groups is 2. The lowest BCUT2D eigenvalue weighted by molar-refractivity contribution is -0.385. The summed E-state index contributed by atoms with van der Waals surface area (Å²) in [5, 5.41) is 13.6. The molecule has 0 radical (unpaired) electrons. The maximum absolute atomic E-state index is 12.0. The number of esters is 1. The molecule has 2 aromatic rings. The van der Waals surface area contributed by atoms with Crippen LogP contribution in [0.1, 0.15) is 36.5 Å². The van der Waals surface area contributed by atoms with E-state index in [1.807, 2.05) is 6.92 Å². The summed E-state index contributed by atoms with van der Waals surface area (Å²) in [5.41, 5.74) is 0.880. The second-order valence-corrected chi connectivity index (χ2v) is 5.94. The molecular formula is C20H22N2O6. The molecule has 0 unspecified atom stereocenters. The molecule has 8 heteroatoms. The second-order valence-electron chi connectivity index (χ2n) is 5.94. The van der Waals surface area contributed by atoms with E-state index < -0.39 is 10.9 Å². The number of nitrogens with one attached hydrogen (secondary N) is 1. The van der Waals surface area contributed by atoms with Gasteiger partial charge in [0, 0.05) is 18.2 Å². The van der Waals surface area contributed by atoms with Gasteiger partial charge in [0.1, 0.15) is 0 Å². The molecular weight excluding hydrogens is 364 g/mol. The Kier molecular flexibility index (Phi) is 7.95. The van der Waals surface area contributed by atoms with Crippen LogP contribution in [0.2, 0.25) is 0 Å². The van der Waals surface area contributed by atoms with E-state index in [4.69, 9.17) is 9.47 Å². The van der Waals surface area contributed by atoms with Gasteiger partial charge in [-0.15, -0.1) is 0 Å². The lowest BCUT2D eigenvalue weighted by Crippen LogP contribution is -2.13. The fourth-order valence-electron chi connectivity index (χ4n) is 2.34. The van der Waals surface area contributed by atoms with E-state index in [1.54, 1.807) is 36.4 Å². The van der Waals surface area contributed by atoms with Gasteiger partial charge in [-0.1, -0.05) is 19.1 Å². The molecule has 0 aliphatic heterocycles. The van der Waals surface area contributed by atoms with Crippen molar-refractivity contribution in [3.8, 4) is 5.75 Å². The van der Waals surface area contributed by atoms with E-state index in [9.17, 15) is 19.7 Å². The fraction of sp³-hybridized carbons (Fsp3) is 0.300. The van der Waals surface area contributed by atoms with Crippen LogP contribution in [0.3, 0.4) is 0 Å². The summed E-state index contributed by atoms with van der Waals surface area (Å²) in [6.07, 6.45) is 1.35. The van der Waals surface area contributed by atoms with Crippen LogP contribution in [0.4, 0.5) is 11.4 Å². The first-order chi connectivity index (χ1) is 13.5. The van der Waals surface area contributed by atoms with E-state index in [2.05, 4.69) is 5.32 Å². The molecule has 148 valence electrons. The van der Waals surface area contributed by atoms with Crippen molar-refractivity contribution >= 4 is 23.3 Å². The quantitative estimate of drug-likeness (QED) is 0.287. The molecule has 0 heterocycles. The molecule has 0 atom stereocenters. The zero-order valence-electron chi connectivity index (χ0n) is 15.6. The van der Waals surface area contributed by atoms with Crippen molar-refractivity contribution in [1.82, 2.24) is 0 Å². The van der Waals surface area contributed by atoms with Crippen LogP contribution in [0.15, 0.2) is 48.5 Å². The van der Waals surface area contributed by atoms with Gasteiger partial charge < -0.3 is 14.8 Å². The number of amides is 1. The van der Waals surface area contributed by atoms with Gasteiger partial charge in [0.25, 0.3) is 0 Å². The van der Waals surface area contributed by atoms with Gasteiger partial charge in [0.2, 0.25) is 5.91 Å². The van der Waals surface area contributed by atoms with E-state index in [0.29, 0.717) is 24.3 Å². The largest absolute Gasteiger partial charge is 0.487 e. The molecule has 0 aromatic heterocycles. The third kappa shape index (κ3) is 6.39. The Morgan fingerprint density at radius 2 is 1.79 bits per heavy atom. The molecule has 1 N–H and O–H groups in total. The van der Waals surface area contributed by atoms with Crippen molar-refractivity contribution < 1.29 is 24.0 Å². The van der Waals surface area contributed by atoms with E-state index in [1.165, 1.54) is 12.1 Å². The van der Waals surface area contributed by atoms with Crippen LogP contribution in [-0.4, -0.2) is 30.0 Å². The number of nitro groups is 1. The number of carbonyl (C=O) groups excluding carboxylic acids is 2. The average Bonchev–Trinajstić information content (AvgIpc) is 2.70. The fourth-order valence-corrected chi connectivity index (χ4v) is 2.34. The standard InChI is InChI=1S/C20H22N2O6/c1-2-13-28-20(24)15-9-11-16(12-10-15)21-19(23)8-5-14-27-18-7-4-3-6-17(18)22(25)26/h3-4,6-7,9-12H,2,5,8,13-14H2,1H3,(H,21,23). The maximum Gasteiger partial charge on any atom is 0.338 e. The minimum Gasteiger partial charge on any atom is -0.487 e. The van der Waals surface area contributed by atoms with Crippen LogP contribution in [0, 0.1) is 10.1 Å². The topological polar surface area (TPSA) is 108 Å². The maximum atomic E-state index is 12.0. The molecule has 28 heavy (non-hydrogen) atoms. The Hall–Kier alpha value is -3.42. The highest BCUT2D eigenvalue weighted by Crippen LogP contribution is 2.25. The summed E-state index contributed by atoms with van der Waals surface area (Å²) < 4.78 is 10.4. The van der Waals surface area contributed by atoms with Crippen molar-refractivity contribution in [3.63, 3.8) is 0 Å². The summed E-state index contributed by atoms with van der Waals surface area (Å²) >= 11 is 0. The summed E-state index contributed by atoms with van der Waals surface area (Å²) in [6, 6.07) is 12.5.